The molecule has 1 saturated heterocycles. The zero-order valence-electron chi connectivity index (χ0n) is 15.2. The summed E-state index contributed by atoms with van der Waals surface area (Å²) in [5, 5.41) is 11.2. The smallest absolute Gasteiger partial charge is 0.259 e. The van der Waals surface area contributed by atoms with Gasteiger partial charge in [0.25, 0.3) is 11.6 Å². The number of fused-ring (bicyclic) bond motifs is 1. The summed E-state index contributed by atoms with van der Waals surface area (Å²) in [6.45, 7) is 7.61. The highest BCUT2D eigenvalue weighted by atomic mass is 32.1. The quantitative estimate of drug-likeness (QED) is 0.736. The number of amides is 1. The van der Waals surface area contributed by atoms with Crippen LogP contribution in [-0.4, -0.2) is 35.2 Å². The van der Waals surface area contributed by atoms with Gasteiger partial charge in [-0.3, -0.25) is 4.79 Å². The van der Waals surface area contributed by atoms with Crippen molar-refractivity contribution in [2.45, 2.75) is 39.7 Å². The number of carbonyl (C=O) groups is 1. The number of carbonyl (C=O) groups excluding carboxylic acids is 1. The second-order valence-electron chi connectivity index (χ2n) is 6.83. The van der Waals surface area contributed by atoms with E-state index in [4.69, 9.17) is 4.52 Å². The van der Waals surface area contributed by atoms with Crippen LogP contribution in [0.3, 0.4) is 0 Å². The molecule has 3 aromatic heterocycles. The number of aromatic nitrogens is 2. The Balaban J connectivity index is 1.72. The maximum Gasteiger partial charge on any atom is 0.259 e. The van der Waals surface area contributed by atoms with Gasteiger partial charge in [-0.25, -0.2) is 4.98 Å². The summed E-state index contributed by atoms with van der Waals surface area (Å²) in [5.41, 5.74) is 3.45. The Morgan fingerprint density at radius 1 is 1.38 bits per heavy atom. The summed E-state index contributed by atoms with van der Waals surface area (Å²) in [7, 11) is 0. The van der Waals surface area contributed by atoms with Gasteiger partial charge >= 0.3 is 0 Å². The van der Waals surface area contributed by atoms with E-state index in [1.165, 1.54) is 9.75 Å². The van der Waals surface area contributed by atoms with Crippen molar-refractivity contribution in [1.82, 2.24) is 20.8 Å². The molecule has 0 aromatic carbocycles. The molecule has 1 unspecified atom stereocenters. The number of pyridine rings is 1. The van der Waals surface area contributed by atoms with Crippen molar-refractivity contribution in [2.24, 2.45) is 0 Å². The van der Waals surface area contributed by atoms with Crippen LogP contribution in [0.25, 0.3) is 22.4 Å². The molecule has 4 heterocycles. The highest BCUT2D eigenvalue weighted by Gasteiger charge is 2.22. The average Bonchev–Trinajstić information content (AvgIpc) is 3.33. The molecule has 7 heteroatoms. The van der Waals surface area contributed by atoms with Crippen LogP contribution in [0.5, 0.6) is 0 Å². The maximum atomic E-state index is 12.9. The fourth-order valence-electron chi connectivity index (χ4n) is 3.54. The van der Waals surface area contributed by atoms with Crippen molar-refractivity contribution in [2.75, 3.05) is 13.1 Å². The first-order valence-electron chi connectivity index (χ1n) is 8.89. The molecule has 1 aliphatic heterocycles. The van der Waals surface area contributed by atoms with Crippen molar-refractivity contribution in [3.63, 3.8) is 0 Å². The molecule has 4 rings (SSSR count). The highest BCUT2D eigenvalue weighted by Crippen LogP contribution is 2.32. The Morgan fingerprint density at radius 2 is 2.23 bits per heavy atom. The largest absolute Gasteiger partial charge is 0.350 e. The third-order valence-electron chi connectivity index (χ3n) is 4.85. The molecule has 3 aromatic rings. The van der Waals surface area contributed by atoms with E-state index in [0.29, 0.717) is 34.9 Å². The normalized spacial score (nSPS) is 17.1. The second kappa shape index (κ2) is 6.81. The lowest BCUT2D eigenvalue weighted by Crippen LogP contribution is -2.37. The molecular formula is C19H22N4O2S. The number of thiophene rings is 1. The first-order chi connectivity index (χ1) is 12.5. The van der Waals surface area contributed by atoms with Crippen LogP contribution in [-0.2, 0) is 0 Å². The van der Waals surface area contributed by atoms with E-state index in [2.05, 4.69) is 40.7 Å². The van der Waals surface area contributed by atoms with Crippen LogP contribution in [0.1, 0.15) is 38.6 Å². The molecule has 1 fully saturated rings. The summed E-state index contributed by atoms with van der Waals surface area (Å²) in [5.74, 6) is -0.108. The average molecular weight is 370 g/mol. The van der Waals surface area contributed by atoms with Crippen LogP contribution < -0.4 is 10.6 Å². The van der Waals surface area contributed by atoms with Gasteiger partial charge in [0.1, 0.15) is 0 Å². The van der Waals surface area contributed by atoms with Crippen LogP contribution in [0.4, 0.5) is 0 Å². The van der Waals surface area contributed by atoms with Crippen molar-refractivity contribution in [3.8, 4) is 11.3 Å². The van der Waals surface area contributed by atoms with Crippen molar-refractivity contribution in [3.05, 3.63) is 33.1 Å². The van der Waals surface area contributed by atoms with Crippen molar-refractivity contribution in [1.29, 1.82) is 0 Å². The fourth-order valence-corrected chi connectivity index (χ4v) is 4.47. The summed E-state index contributed by atoms with van der Waals surface area (Å²) in [4.78, 5) is 19.9. The van der Waals surface area contributed by atoms with E-state index in [1.54, 1.807) is 11.3 Å². The predicted octanol–water partition coefficient (Wildman–Crippen LogP) is 3.36. The molecule has 2 N–H and O–H groups in total. The molecule has 26 heavy (non-hydrogen) atoms. The first-order valence-corrected chi connectivity index (χ1v) is 9.70. The maximum absolute atomic E-state index is 12.9. The molecule has 0 spiro atoms. The molecule has 6 nitrogen and oxygen atoms in total. The van der Waals surface area contributed by atoms with Crippen LogP contribution in [0, 0.1) is 20.8 Å². The van der Waals surface area contributed by atoms with Gasteiger partial charge < -0.3 is 15.2 Å². The number of nitrogens with zero attached hydrogens (tertiary/aromatic N) is 2. The summed E-state index contributed by atoms with van der Waals surface area (Å²) >= 11 is 1.72. The van der Waals surface area contributed by atoms with E-state index in [9.17, 15) is 4.79 Å². The van der Waals surface area contributed by atoms with Crippen LogP contribution in [0.2, 0.25) is 0 Å². The number of hydrogen-bond donors (Lipinski definition) is 2. The first kappa shape index (κ1) is 17.2. The molecular weight excluding hydrogens is 348 g/mol. The molecule has 0 radical (unpaired) electrons. The number of hydrogen-bond acceptors (Lipinski definition) is 6. The van der Waals surface area contributed by atoms with Gasteiger partial charge in [-0.2, -0.15) is 0 Å². The molecule has 1 aliphatic rings. The Bertz CT molecular complexity index is 969. The second-order valence-corrected chi connectivity index (χ2v) is 8.29. The third-order valence-corrected chi connectivity index (χ3v) is 5.82. The molecule has 1 atom stereocenters. The molecule has 136 valence electrons. The fraction of sp³-hybridized carbons (Fsp3) is 0.421. The van der Waals surface area contributed by atoms with Crippen LogP contribution >= 0.6 is 11.3 Å². The summed E-state index contributed by atoms with van der Waals surface area (Å²) < 4.78 is 5.38. The van der Waals surface area contributed by atoms with Gasteiger partial charge in [-0.1, -0.05) is 5.16 Å². The van der Waals surface area contributed by atoms with Gasteiger partial charge in [-0.05, 0) is 52.3 Å². The number of nitrogens with one attached hydrogen (secondary N) is 2. The highest BCUT2D eigenvalue weighted by molar-refractivity contribution is 7.12. The van der Waals surface area contributed by atoms with Crippen molar-refractivity contribution < 1.29 is 9.32 Å². The van der Waals surface area contributed by atoms with Gasteiger partial charge in [0.2, 0.25) is 0 Å². The Hall–Kier alpha value is -2.25. The minimum atomic E-state index is -0.108. The Labute approximate surface area is 156 Å². The lowest BCUT2D eigenvalue weighted by atomic mass is 10.1. The number of rotatable bonds is 4. The third kappa shape index (κ3) is 3.12. The van der Waals surface area contributed by atoms with E-state index >= 15 is 0 Å². The SMILES string of the molecule is Cc1cc(-c2cc(C(=O)NCC3CCCN3)c3c(C)noc3n2)c(C)s1. The lowest BCUT2D eigenvalue weighted by molar-refractivity contribution is 0.0952. The zero-order chi connectivity index (χ0) is 18.3. The minimum absolute atomic E-state index is 0.108. The monoisotopic (exact) mass is 370 g/mol. The topological polar surface area (TPSA) is 80.0 Å². The van der Waals surface area contributed by atoms with E-state index < -0.39 is 0 Å². The number of aryl methyl sites for hydroxylation is 3. The predicted molar refractivity (Wildman–Crippen MR) is 103 cm³/mol. The van der Waals surface area contributed by atoms with Gasteiger partial charge in [0.05, 0.1) is 22.3 Å². The molecule has 1 amide bonds. The Morgan fingerprint density at radius 3 is 2.92 bits per heavy atom. The summed E-state index contributed by atoms with van der Waals surface area (Å²) in [6, 6.07) is 4.31. The molecule has 0 aliphatic carbocycles. The minimum Gasteiger partial charge on any atom is -0.350 e. The van der Waals surface area contributed by atoms with Gasteiger partial charge in [-0.15, -0.1) is 11.3 Å². The standard InChI is InChI=1S/C19H22N4O2S/c1-10-7-14(12(3)26-10)16-8-15(17-11(2)23-25-19(17)22-16)18(24)21-9-13-5-4-6-20-13/h7-8,13,20H,4-6,9H2,1-3H3,(H,21,24). The van der Waals surface area contributed by atoms with Gasteiger partial charge in [0, 0.05) is 27.9 Å². The lowest BCUT2D eigenvalue weighted by Gasteiger charge is -2.12. The van der Waals surface area contributed by atoms with E-state index in [-0.39, 0.29) is 5.91 Å². The zero-order valence-corrected chi connectivity index (χ0v) is 16.0. The molecule has 0 bridgehead atoms. The van der Waals surface area contributed by atoms with E-state index in [1.807, 2.05) is 13.0 Å². The Kier molecular flexibility index (Phi) is 4.50. The summed E-state index contributed by atoms with van der Waals surface area (Å²) in [6.07, 6.45) is 2.25. The van der Waals surface area contributed by atoms with Crippen molar-refractivity contribution >= 4 is 28.3 Å². The van der Waals surface area contributed by atoms with E-state index in [0.717, 1.165) is 30.6 Å². The molecule has 0 saturated carbocycles. The van der Waals surface area contributed by atoms with Gasteiger partial charge in [0.15, 0.2) is 0 Å². The van der Waals surface area contributed by atoms with Crippen LogP contribution in [0.15, 0.2) is 16.7 Å².